The van der Waals surface area contributed by atoms with Gasteiger partial charge in [0.15, 0.2) is 0 Å². The maximum absolute atomic E-state index is 13.4. The number of aryl methyl sites for hydroxylation is 1. The lowest BCUT2D eigenvalue weighted by atomic mass is 10.1. The number of rotatable bonds is 4. The molecule has 1 fully saturated rings. The minimum Gasteiger partial charge on any atom is -0.336 e. The number of likely N-dealkylation sites (N-methyl/N-ethyl adjacent to an activating group) is 1. The van der Waals surface area contributed by atoms with Gasteiger partial charge in [0.05, 0.1) is 11.3 Å². The van der Waals surface area contributed by atoms with Crippen molar-refractivity contribution in [1.82, 2.24) is 14.4 Å². The lowest BCUT2D eigenvalue weighted by Crippen LogP contribution is -2.48. The largest absolute Gasteiger partial charge is 0.336 e. The van der Waals surface area contributed by atoms with Gasteiger partial charge in [0.2, 0.25) is 0 Å². The van der Waals surface area contributed by atoms with Gasteiger partial charge in [0.25, 0.3) is 5.91 Å². The van der Waals surface area contributed by atoms with Crippen LogP contribution in [0.4, 0.5) is 0 Å². The summed E-state index contributed by atoms with van der Waals surface area (Å²) in [7, 11) is 0. The quantitative estimate of drug-likeness (QED) is 0.579. The van der Waals surface area contributed by atoms with Gasteiger partial charge in [-0.3, -0.25) is 4.79 Å². The fourth-order valence-corrected chi connectivity index (χ4v) is 4.32. The third-order valence-corrected chi connectivity index (χ3v) is 6.24. The number of halogens is 1. The highest BCUT2D eigenvalue weighted by atomic mass is 35.5. The van der Waals surface area contributed by atoms with Gasteiger partial charge in [-0.05, 0) is 61.9 Å². The molecule has 1 aliphatic heterocycles. The van der Waals surface area contributed by atoms with Gasteiger partial charge in [-0.1, -0.05) is 42.8 Å². The van der Waals surface area contributed by atoms with Gasteiger partial charge in [-0.15, -0.1) is 0 Å². The summed E-state index contributed by atoms with van der Waals surface area (Å²) < 4.78 is 2.19. The summed E-state index contributed by atoms with van der Waals surface area (Å²) >= 11 is 6.12. The predicted molar refractivity (Wildman–Crippen MR) is 124 cm³/mol. The van der Waals surface area contributed by atoms with E-state index in [2.05, 4.69) is 47.6 Å². The van der Waals surface area contributed by atoms with Crippen LogP contribution in [0.2, 0.25) is 5.02 Å². The average molecular weight is 422 g/mol. The second-order valence-electron chi connectivity index (χ2n) is 7.94. The molecule has 156 valence electrons. The molecule has 0 unspecified atom stereocenters. The lowest BCUT2D eigenvalue weighted by Gasteiger charge is -2.34. The second kappa shape index (κ2) is 8.66. The molecule has 4 nitrogen and oxygen atoms in total. The molecule has 1 saturated heterocycles. The SMILES string of the molecule is CCN1CCN(C(=O)c2cc(-c3ccc(Cl)cc3)n(-c3cccc(C)c3)c2C)CC1. The monoisotopic (exact) mass is 421 g/mol. The molecule has 0 saturated carbocycles. The Morgan fingerprint density at radius 1 is 0.967 bits per heavy atom. The topological polar surface area (TPSA) is 28.5 Å². The molecule has 5 heteroatoms. The number of carbonyl (C=O) groups is 1. The van der Waals surface area contributed by atoms with E-state index in [9.17, 15) is 4.79 Å². The zero-order chi connectivity index (χ0) is 21.3. The Hall–Kier alpha value is -2.56. The standard InChI is InChI=1S/C25H28ClN3O/c1-4-27-12-14-28(15-13-27)25(30)23-17-24(20-8-10-21(26)11-9-20)29(19(23)3)22-7-5-6-18(2)16-22/h5-11,16-17H,4,12-15H2,1-3H3. The number of hydrogen-bond donors (Lipinski definition) is 0. The molecular weight excluding hydrogens is 394 g/mol. The maximum Gasteiger partial charge on any atom is 0.255 e. The molecule has 4 rings (SSSR count). The molecule has 1 aliphatic rings. The highest BCUT2D eigenvalue weighted by Gasteiger charge is 2.26. The van der Waals surface area contributed by atoms with Crippen LogP contribution in [0.5, 0.6) is 0 Å². The Kier molecular flexibility index (Phi) is 5.98. The molecule has 0 N–H and O–H groups in total. The first-order chi connectivity index (χ1) is 14.5. The van der Waals surface area contributed by atoms with E-state index >= 15 is 0 Å². The van der Waals surface area contributed by atoms with E-state index in [0.717, 1.165) is 60.9 Å². The fraction of sp³-hybridized carbons (Fsp3) is 0.320. The van der Waals surface area contributed by atoms with E-state index in [4.69, 9.17) is 11.6 Å². The molecular formula is C25H28ClN3O. The molecule has 1 amide bonds. The van der Waals surface area contributed by atoms with E-state index in [1.807, 2.05) is 42.2 Å². The van der Waals surface area contributed by atoms with Crippen molar-refractivity contribution in [2.24, 2.45) is 0 Å². The van der Waals surface area contributed by atoms with Crippen LogP contribution in [0.3, 0.4) is 0 Å². The molecule has 2 heterocycles. The zero-order valence-electron chi connectivity index (χ0n) is 17.9. The first kappa shape index (κ1) is 20.7. The number of nitrogens with zero attached hydrogens (tertiary/aromatic N) is 3. The van der Waals surface area contributed by atoms with Crippen LogP contribution in [-0.4, -0.2) is 53.0 Å². The Balaban J connectivity index is 1.78. The van der Waals surface area contributed by atoms with E-state index in [1.54, 1.807) is 0 Å². The number of carbonyl (C=O) groups excluding carboxylic acids is 1. The van der Waals surface area contributed by atoms with Crippen LogP contribution in [0.25, 0.3) is 16.9 Å². The summed E-state index contributed by atoms with van der Waals surface area (Å²) in [6.45, 7) is 10.7. The molecule has 0 spiro atoms. The van der Waals surface area contributed by atoms with Crippen LogP contribution in [-0.2, 0) is 0 Å². The first-order valence-electron chi connectivity index (χ1n) is 10.5. The number of hydrogen-bond acceptors (Lipinski definition) is 2. The highest BCUT2D eigenvalue weighted by molar-refractivity contribution is 6.30. The molecule has 2 aromatic carbocycles. The van der Waals surface area contributed by atoms with Gasteiger partial charge in [0, 0.05) is 42.6 Å². The van der Waals surface area contributed by atoms with Gasteiger partial charge < -0.3 is 14.4 Å². The highest BCUT2D eigenvalue weighted by Crippen LogP contribution is 2.31. The van der Waals surface area contributed by atoms with Crippen molar-refractivity contribution < 1.29 is 4.79 Å². The summed E-state index contributed by atoms with van der Waals surface area (Å²) in [6, 6.07) is 18.2. The fourth-order valence-electron chi connectivity index (χ4n) is 4.19. The van der Waals surface area contributed by atoms with Crippen molar-refractivity contribution >= 4 is 17.5 Å². The summed E-state index contributed by atoms with van der Waals surface area (Å²) in [5.41, 5.74) is 6.03. The van der Waals surface area contributed by atoms with E-state index in [-0.39, 0.29) is 5.91 Å². The van der Waals surface area contributed by atoms with E-state index in [0.29, 0.717) is 5.02 Å². The zero-order valence-corrected chi connectivity index (χ0v) is 18.6. The summed E-state index contributed by atoms with van der Waals surface area (Å²) in [5.74, 6) is 0.116. The minimum absolute atomic E-state index is 0.116. The third-order valence-electron chi connectivity index (χ3n) is 5.98. The molecule has 0 atom stereocenters. The van der Waals surface area contributed by atoms with Gasteiger partial charge in [0.1, 0.15) is 0 Å². The second-order valence-corrected chi connectivity index (χ2v) is 8.37. The molecule has 3 aromatic rings. The van der Waals surface area contributed by atoms with Crippen LogP contribution in [0.1, 0.15) is 28.5 Å². The molecule has 0 bridgehead atoms. The van der Waals surface area contributed by atoms with Crippen molar-refractivity contribution in [3.05, 3.63) is 76.4 Å². The van der Waals surface area contributed by atoms with Crippen molar-refractivity contribution in [1.29, 1.82) is 0 Å². The van der Waals surface area contributed by atoms with Gasteiger partial charge in [-0.2, -0.15) is 0 Å². The number of amides is 1. The van der Waals surface area contributed by atoms with E-state index < -0.39 is 0 Å². The minimum atomic E-state index is 0.116. The van der Waals surface area contributed by atoms with Crippen molar-refractivity contribution in [3.8, 4) is 16.9 Å². The maximum atomic E-state index is 13.4. The van der Waals surface area contributed by atoms with Crippen LogP contribution >= 0.6 is 11.6 Å². The first-order valence-corrected chi connectivity index (χ1v) is 10.9. The Labute approximate surface area is 183 Å². The Morgan fingerprint density at radius 3 is 2.30 bits per heavy atom. The summed E-state index contributed by atoms with van der Waals surface area (Å²) in [6.07, 6.45) is 0. The molecule has 0 aliphatic carbocycles. The van der Waals surface area contributed by atoms with Gasteiger partial charge >= 0.3 is 0 Å². The normalized spacial score (nSPS) is 14.9. The lowest BCUT2D eigenvalue weighted by molar-refractivity contribution is 0.0642. The number of piperazine rings is 1. The third kappa shape index (κ3) is 4.03. The number of aromatic nitrogens is 1. The van der Waals surface area contributed by atoms with Crippen molar-refractivity contribution in [2.45, 2.75) is 20.8 Å². The van der Waals surface area contributed by atoms with Crippen molar-refractivity contribution in [3.63, 3.8) is 0 Å². The molecule has 0 radical (unpaired) electrons. The summed E-state index contributed by atoms with van der Waals surface area (Å²) in [5, 5.41) is 0.703. The summed E-state index contributed by atoms with van der Waals surface area (Å²) in [4.78, 5) is 17.8. The van der Waals surface area contributed by atoms with Crippen LogP contribution in [0.15, 0.2) is 54.6 Å². The Morgan fingerprint density at radius 2 is 1.67 bits per heavy atom. The smallest absolute Gasteiger partial charge is 0.255 e. The van der Waals surface area contributed by atoms with E-state index in [1.165, 1.54) is 5.56 Å². The molecule has 30 heavy (non-hydrogen) atoms. The van der Waals surface area contributed by atoms with Gasteiger partial charge in [-0.25, -0.2) is 0 Å². The predicted octanol–water partition coefficient (Wildman–Crippen LogP) is 5.19. The van der Waals surface area contributed by atoms with Crippen LogP contribution in [0, 0.1) is 13.8 Å². The molecule has 1 aromatic heterocycles. The van der Waals surface area contributed by atoms with Crippen molar-refractivity contribution in [2.75, 3.05) is 32.7 Å². The Bertz CT molecular complexity index is 1050. The van der Waals surface area contributed by atoms with Crippen LogP contribution < -0.4 is 0 Å². The average Bonchev–Trinajstić information content (AvgIpc) is 3.11. The number of benzene rings is 2.